The second-order valence-electron chi connectivity index (χ2n) is 10.1. The molecule has 0 bridgehead atoms. The van der Waals surface area contributed by atoms with Crippen LogP contribution in [0.25, 0.3) is 0 Å². The number of hydrogen-bond acceptors (Lipinski definition) is 8. The number of amides is 3. The van der Waals surface area contributed by atoms with Gasteiger partial charge in [-0.1, -0.05) is 30.3 Å². The predicted molar refractivity (Wildman–Crippen MR) is 127 cm³/mol. The molecule has 0 N–H and O–H groups in total. The molecule has 3 amide bonds. The van der Waals surface area contributed by atoms with E-state index in [1.165, 1.54) is 7.11 Å². The highest BCUT2D eigenvalue weighted by molar-refractivity contribution is 6.14. The summed E-state index contributed by atoms with van der Waals surface area (Å²) in [7, 11) is 1.23. The summed E-state index contributed by atoms with van der Waals surface area (Å²) in [5.74, 6) is -3.54. The minimum absolute atomic E-state index is 0.0261. The molecule has 1 aromatic carbocycles. The van der Waals surface area contributed by atoms with E-state index in [0.717, 1.165) is 5.56 Å². The zero-order chi connectivity index (χ0) is 26.7. The summed E-state index contributed by atoms with van der Waals surface area (Å²) in [6, 6.07) is 7.94. The Morgan fingerprint density at radius 1 is 1.08 bits per heavy atom. The molecule has 2 saturated heterocycles. The molecule has 10 heteroatoms. The molecule has 0 saturated carbocycles. The molecule has 0 unspecified atom stereocenters. The lowest BCUT2D eigenvalue weighted by Crippen LogP contribution is -2.57. The number of nitrogens with zero attached hydrogens (tertiary/aromatic N) is 2. The van der Waals surface area contributed by atoms with Gasteiger partial charge >= 0.3 is 18.0 Å². The van der Waals surface area contributed by atoms with E-state index < -0.39 is 52.8 Å². The molecule has 0 aliphatic carbocycles. The standard InChI is InChI=1S/C26H34N2O8/c1-6-35-21(30)19-15-26(23(32)28(19)24(33)36-25(2,3)4)18(14-20(29)34-5)12-13-27(22(26)31)16-17-10-8-7-9-11-17/h7-11,18-19H,6,12-16H2,1-5H3/t18-,19-,26-/m1/s1. The first-order valence-electron chi connectivity index (χ1n) is 12.1. The third-order valence-corrected chi connectivity index (χ3v) is 6.55. The third kappa shape index (κ3) is 5.37. The van der Waals surface area contributed by atoms with Crippen molar-refractivity contribution in [2.75, 3.05) is 20.3 Å². The highest BCUT2D eigenvalue weighted by atomic mass is 16.6. The van der Waals surface area contributed by atoms with Gasteiger partial charge in [0, 0.05) is 25.9 Å². The summed E-state index contributed by atoms with van der Waals surface area (Å²) in [5.41, 5.74) is -1.90. The van der Waals surface area contributed by atoms with Gasteiger partial charge in [0.15, 0.2) is 0 Å². The number of piperidine rings is 1. The van der Waals surface area contributed by atoms with Gasteiger partial charge < -0.3 is 19.1 Å². The Balaban J connectivity index is 2.06. The van der Waals surface area contributed by atoms with Gasteiger partial charge in [-0.3, -0.25) is 14.4 Å². The van der Waals surface area contributed by atoms with Gasteiger partial charge in [0.05, 0.1) is 13.7 Å². The molecular formula is C26H34N2O8. The summed E-state index contributed by atoms with van der Waals surface area (Å²) < 4.78 is 15.4. The predicted octanol–water partition coefficient (Wildman–Crippen LogP) is 2.68. The van der Waals surface area contributed by atoms with Crippen LogP contribution in [0.1, 0.15) is 52.5 Å². The second-order valence-corrected chi connectivity index (χ2v) is 10.1. The summed E-state index contributed by atoms with van der Waals surface area (Å²) >= 11 is 0. The number of benzene rings is 1. The van der Waals surface area contributed by atoms with Crippen molar-refractivity contribution in [3.05, 3.63) is 35.9 Å². The molecule has 1 spiro atoms. The minimum atomic E-state index is -1.81. The normalized spacial score (nSPS) is 24.1. The highest BCUT2D eigenvalue weighted by Crippen LogP contribution is 2.50. The molecule has 2 heterocycles. The van der Waals surface area contributed by atoms with Crippen LogP contribution in [0, 0.1) is 11.3 Å². The van der Waals surface area contributed by atoms with Gasteiger partial charge in [0.1, 0.15) is 17.1 Å². The van der Waals surface area contributed by atoms with Crippen LogP contribution >= 0.6 is 0 Å². The molecule has 36 heavy (non-hydrogen) atoms. The lowest BCUT2D eigenvalue weighted by molar-refractivity contribution is -0.162. The molecular weight excluding hydrogens is 468 g/mol. The zero-order valence-corrected chi connectivity index (χ0v) is 21.4. The number of imide groups is 1. The van der Waals surface area contributed by atoms with Crippen LogP contribution in [0.4, 0.5) is 4.79 Å². The van der Waals surface area contributed by atoms with Crippen molar-refractivity contribution in [2.24, 2.45) is 11.3 Å². The van der Waals surface area contributed by atoms with E-state index in [4.69, 9.17) is 14.2 Å². The van der Waals surface area contributed by atoms with Crippen molar-refractivity contribution in [3.63, 3.8) is 0 Å². The lowest BCUT2D eigenvalue weighted by Gasteiger charge is -2.43. The molecule has 2 fully saturated rings. The second kappa shape index (κ2) is 10.7. The summed E-state index contributed by atoms with van der Waals surface area (Å²) in [5, 5.41) is 0. The first-order valence-corrected chi connectivity index (χ1v) is 12.1. The van der Waals surface area contributed by atoms with E-state index in [1.807, 2.05) is 30.3 Å². The van der Waals surface area contributed by atoms with Crippen LogP contribution in [-0.2, 0) is 39.9 Å². The fourth-order valence-corrected chi connectivity index (χ4v) is 4.94. The maximum atomic E-state index is 14.0. The van der Waals surface area contributed by atoms with Crippen molar-refractivity contribution in [3.8, 4) is 0 Å². The Bertz CT molecular complexity index is 1020. The molecule has 1 aromatic rings. The highest BCUT2D eigenvalue weighted by Gasteiger charge is 2.67. The Labute approximate surface area is 210 Å². The first-order chi connectivity index (χ1) is 16.9. The van der Waals surface area contributed by atoms with E-state index >= 15 is 0 Å². The first kappa shape index (κ1) is 27.2. The molecule has 0 aromatic heterocycles. The molecule has 196 valence electrons. The van der Waals surface area contributed by atoms with Crippen LogP contribution in [0.3, 0.4) is 0 Å². The van der Waals surface area contributed by atoms with E-state index in [2.05, 4.69) is 0 Å². The maximum absolute atomic E-state index is 14.0. The molecule has 3 atom stereocenters. The van der Waals surface area contributed by atoms with E-state index in [-0.39, 0.29) is 26.0 Å². The van der Waals surface area contributed by atoms with Crippen LogP contribution < -0.4 is 0 Å². The fourth-order valence-electron chi connectivity index (χ4n) is 4.94. The van der Waals surface area contributed by atoms with E-state index in [1.54, 1.807) is 32.6 Å². The van der Waals surface area contributed by atoms with Crippen molar-refractivity contribution in [1.29, 1.82) is 0 Å². The number of rotatable bonds is 6. The van der Waals surface area contributed by atoms with Crippen LogP contribution in [-0.4, -0.2) is 71.6 Å². The van der Waals surface area contributed by atoms with Crippen LogP contribution in [0.2, 0.25) is 0 Å². The third-order valence-electron chi connectivity index (χ3n) is 6.55. The lowest BCUT2D eigenvalue weighted by atomic mass is 9.66. The van der Waals surface area contributed by atoms with Crippen LogP contribution in [0.15, 0.2) is 30.3 Å². The Morgan fingerprint density at radius 3 is 2.33 bits per heavy atom. The maximum Gasteiger partial charge on any atom is 0.417 e. The average molecular weight is 503 g/mol. The molecule has 10 nitrogen and oxygen atoms in total. The Hall–Kier alpha value is -3.43. The average Bonchev–Trinajstić information content (AvgIpc) is 3.12. The Morgan fingerprint density at radius 2 is 1.75 bits per heavy atom. The monoisotopic (exact) mass is 502 g/mol. The van der Waals surface area contributed by atoms with Gasteiger partial charge in [-0.15, -0.1) is 0 Å². The van der Waals surface area contributed by atoms with Gasteiger partial charge in [-0.25, -0.2) is 14.5 Å². The number of esters is 2. The summed E-state index contributed by atoms with van der Waals surface area (Å²) in [6.07, 6.45) is -1.22. The topological polar surface area (TPSA) is 120 Å². The van der Waals surface area contributed by atoms with Gasteiger partial charge in [0.25, 0.3) is 0 Å². The van der Waals surface area contributed by atoms with E-state index in [9.17, 15) is 24.0 Å². The number of hydrogen-bond donors (Lipinski definition) is 0. The fraction of sp³-hybridized carbons (Fsp3) is 0.577. The minimum Gasteiger partial charge on any atom is -0.469 e. The van der Waals surface area contributed by atoms with E-state index in [0.29, 0.717) is 17.9 Å². The van der Waals surface area contributed by atoms with Gasteiger partial charge in [-0.2, -0.15) is 0 Å². The largest absolute Gasteiger partial charge is 0.469 e. The smallest absolute Gasteiger partial charge is 0.417 e. The summed E-state index contributed by atoms with van der Waals surface area (Å²) in [6.45, 7) is 7.08. The summed E-state index contributed by atoms with van der Waals surface area (Å²) in [4.78, 5) is 68.7. The number of carbonyl (C=O) groups is 5. The molecule has 0 radical (unpaired) electrons. The molecule has 3 rings (SSSR count). The van der Waals surface area contributed by atoms with Gasteiger partial charge in [-0.05, 0) is 45.6 Å². The number of carbonyl (C=O) groups excluding carboxylic acids is 5. The number of methoxy groups -OCH3 is 1. The van der Waals surface area contributed by atoms with Crippen molar-refractivity contribution < 1.29 is 38.2 Å². The van der Waals surface area contributed by atoms with Crippen molar-refractivity contribution in [2.45, 2.75) is 65.1 Å². The molecule has 2 aliphatic rings. The number of ether oxygens (including phenoxy) is 3. The quantitative estimate of drug-likeness (QED) is 0.331. The van der Waals surface area contributed by atoms with Crippen molar-refractivity contribution >= 4 is 29.8 Å². The SMILES string of the molecule is CCOC(=O)[C@H]1C[C@@]2(C(=O)N(Cc3ccccc3)CC[C@@H]2CC(=O)OC)C(=O)N1C(=O)OC(C)(C)C. The van der Waals surface area contributed by atoms with Crippen molar-refractivity contribution in [1.82, 2.24) is 9.80 Å². The van der Waals surface area contributed by atoms with Gasteiger partial charge in [0.2, 0.25) is 11.8 Å². The zero-order valence-electron chi connectivity index (χ0n) is 21.4. The molecule has 2 aliphatic heterocycles. The Kier molecular flexibility index (Phi) is 8.05. The van der Waals surface area contributed by atoms with Crippen LogP contribution in [0.5, 0.6) is 0 Å². The number of likely N-dealkylation sites (tertiary alicyclic amines) is 2.